The summed E-state index contributed by atoms with van der Waals surface area (Å²) in [4.78, 5) is 15.5. The Morgan fingerprint density at radius 3 is 2.25 bits per heavy atom. The minimum atomic E-state index is -0.787. The normalized spacial score (nSPS) is 17.2. The number of aliphatic hydroxyl groups excluding tert-OH is 1. The standard InChI is InChI=1S/C15H22N2O3/c18-10-9-16-5-7-17(8-6-16)12-14-4-2-1-3-13(14)11-15(19)20/h1-4,18H,5-12H2,(H,19,20). The molecule has 2 N–H and O–H groups in total. The fourth-order valence-electron chi connectivity index (χ4n) is 2.60. The summed E-state index contributed by atoms with van der Waals surface area (Å²) in [5.41, 5.74) is 2.00. The molecule has 1 aromatic rings. The SMILES string of the molecule is O=C(O)Cc1ccccc1CN1CCN(CCO)CC1. The van der Waals surface area contributed by atoms with E-state index in [4.69, 9.17) is 10.2 Å². The number of hydrogen-bond donors (Lipinski definition) is 2. The van der Waals surface area contributed by atoms with Crippen molar-refractivity contribution < 1.29 is 15.0 Å². The Bertz CT molecular complexity index is 442. The molecule has 1 fully saturated rings. The second-order valence-corrected chi connectivity index (χ2v) is 5.18. The number of piperazine rings is 1. The predicted octanol–water partition coefficient (Wildman–Crippen LogP) is 0.424. The van der Waals surface area contributed by atoms with E-state index in [0.29, 0.717) is 0 Å². The summed E-state index contributed by atoms with van der Waals surface area (Å²) in [6.45, 7) is 5.59. The van der Waals surface area contributed by atoms with Crippen LogP contribution in [-0.2, 0) is 17.8 Å². The highest BCUT2D eigenvalue weighted by molar-refractivity contribution is 5.70. The molecule has 0 amide bonds. The van der Waals surface area contributed by atoms with E-state index in [1.165, 1.54) is 0 Å². The van der Waals surface area contributed by atoms with Gasteiger partial charge in [0.2, 0.25) is 0 Å². The van der Waals surface area contributed by atoms with Crippen LogP contribution in [0.5, 0.6) is 0 Å². The third kappa shape index (κ3) is 4.30. The average molecular weight is 278 g/mol. The summed E-state index contributed by atoms with van der Waals surface area (Å²) >= 11 is 0. The maximum absolute atomic E-state index is 10.9. The van der Waals surface area contributed by atoms with Crippen LogP contribution < -0.4 is 0 Å². The van der Waals surface area contributed by atoms with E-state index in [1.54, 1.807) is 0 Å². The molecule has 0 aliphatic carbocycles. The van der Waals surface area contributed by atoms with Crippen molar-refractivity contribution >= 4 is 5.97 Å². The van der Waals surface area contributed by atoms with Gasteiger partial charge >= 0.3 is 5.97 Å². The van der Waals surface area contributed by atoms with Gasteiger partial charge in [0, 0.05) is 39.3 Å². The minimum Gasteiger partial charge on any atom is -0.481 e. The Balaban J connectivity index is 1.92. The first-order chi connectivity index (χ1) is 9.69. The van der Waals surface area contributed by atoms with Crippen LogP contribution in [0.25, 0.3) is 0 Å². The summed E-state index contributed by atoms with van der Waals surface area (Å²) in [5.74, 6) is -0.787. The zero-order valence-electron chi connectivity index (χ0n) is 11.7. The molecule has 5 heteroatoms. The van der Waals surface area contributed by atoms with E-state index in [0.717, 1.165) is 50.4 Å². The summed E-state index contributed by atoms with van der Waals surface area (Å²) in [5, 5.41) is 17.9. The molecule has 0 unspecified atom stereocenters. The lowest BCUT2D eigenvalue weighted by molar-refractivity contribution is -0.136. The first-order valence-corrected chi connectivity index (χ1v) is 7.03. The van der Waals surface area contributed by atoms with E-state index >= 15 is 0 Å². The largest absolute Gasteiger partial charge is 0.481 e. The van der Waals surface area contributed by atoms with Crippen molar-refractivity contribution in [2.24, 2.45) is 0 Å². The molecule has 0 bridgehead atoms. The average Bonchev–Trinajstić information content (AvgIpc) is 2.43. The number of carboxylic acids is 1. The van der Waals surface area contributed by atoms with Crippen molar-refractivity contribution in [2.45, 2.75) is 13.0 Å². The first-order valence-electron chi connectivity index (χ1n) is 7.03. The Hall–Kier alpha value is -1.43. The van der Waals surface area contributed by atoms with E-state index in [2.05, 4.69) is 9.80 Å². The highest BCUT2D eigenvalue weighted by Gasteiger charge is 2.17. The van der Waals surface area contributed by atoms with Gasteiger partial charge in [-0.15, -0.1) is 0 Å². The van der Waals surface area contributed by atoms with Crippen molar-refractivity contribution in [2.75, 3.05) is 39.3 Å². The predicted molar refractivity (Wildman–Crippen MR) is 76.6 cm³/mol. The van der Waals surface area contributed by atoms with Crippen LogP contribution in [0.15, 0.2) is 24.3 Å². The first kappa shape index (κ1) is 15.0. The molecule has 2 rings (SSSR count). The van der Waals surface area contributed by atoms with Gasteiger partial charge < -0.3 is 10.2 Å². The topological polar surface area (TPSA) is 64.0 Å². The van der Waals surface area contributed by atoms with Crippen LogP contribution >= 0.6 is 0 Å². The van der Waals surface area contributed by atoms with Gasteiger partial charge in [0.15, 0.2) is 0 Å². The smallest absolute Gasteiger partial charge is 0.307 e. The van der Waals surface area contributed by atoms with Gasteiger partial charge in [-0.3, -0.25) is 14.6 Å². The number of carbonyl (C=O) groups is 1. The summed E-state index contributed by atoms with van der Waals surface area (Å²) in [6.07, 6.45) is 0.0840. The van der Waals surface area contributed by atoms with Crippen LogP contribution in [0.1, 0.15) is 11.1 Å². The van der Waals surface area contributed by atoms with Gasteiger partial charge in [0.05, 0.1) is 13.0 Å². The van der Waals surface area contributed by atoms with Gasteiger partial charge in [-0.1, -0.05) is 24.3 Å². The highest BCUT2D eigenvalue weighted by atomic mass is 16.4. The maximum Gasteiger partial charge on any atom is 0.307 e. The summed E-state index contributed by atoms with van der Waals surface area (Å²) in [7, 11) is 0. The molecule has 1 aliphatic heterocycles. The Labute approximate surface area is 119 Å². The zero-order valence-corrected chi connectivity index (χ0v) is 11.7. The summed E-state index contributed by atoms with van der Waals surface area (Å²) < 4.78 is 0. The molecule has 0 spiro atoms. The van der Waals surface area contributed by atoms with Crippen molar-refractivity contribution in [1.82, 2.24) is 9.80 Å². The molecule has 0 atom stereocenters. The third-order valence-corrected chi connectivity index (χ3v) is 3.74. The number of benzene rings is 1. The van der Waals surface area contributed by atoms with Crippen LogP contribution in [0, 0.1) is 0 Å². The quantitative estimate of drug-likeness (QED) is 0.790. The minimum absolute atomic E-state index is 0.0840. The van der Waals surface area contributed by atoms with Crippen LogP contribution in [0.2, 0.25) is 0 Å². The zero-order chi connectivity index (χ0) is 14.4. The second-order valence-electron chi connectivity index (χ2n) is 5.18. The number of aliphatic carboxylic acids is 1. The monoisotopic (exact) mass is 278 g/mol. The Morgan fingerprint density at radius 2 is 1.65 bits per heavy atom. The molecule has 0 saturated carbocycles. The van der Waals surface area contributed by atoms with Gasteiger partial charge in [0.1, 0.15) is 0 Å². The van der Waals surface area contributed by atoms with Crippen LogP contribution in [0.3, 0.4) is 0 Å². The molecular formula is C15H22N2O3. The molecule has 1 heterocycles. The second kappa shape index (κ2) is 7.38. The van der Waals surface area contributed by atoms with Crippen LogP contribution in [0.4, 0.5) is 0 Å². The lowest BCUT2D eigenvalue weighted by Crippen LogP contribution is -2.46. The third-order valence-electron chi connectivity index (χ3n) is 3.74. The highest BCUT2D eigenvalue weighted by Crippen LogP contribution is 2.14. The number of carboxylic acid groups (broad SMARTS) is 1. The number of β-amino-alcohol motifs (C(OH)–C–C–N with tert-alkyl or cyclic N) is 1. The maximum atomic E-state index is 10.9. The van der Waals surface area contributed by atoms with E-state index in [-0.39, 0.29) is 13.0 Å². The van der Waals surface area contributed by atoms with Crippen molar-refractivity contribution in [3.8, 4) is 0 Å². The molecule has 0 radical (unpaired) electrons. The van der Waals surface area contributed by atoms with Crippen molar-refractivity contribution in [3.63, 3.8) is 0 Å². The molecule has 5 nitrogen and oxygen atoms in total. The van der Waals surface area contributed by atoms with E-state index in [9.17, 15) is 4.79 Å². The van der Waals surface area contributed by atoms with Crippen molar-refractivity contribution in [3.05, 3.63) is 35.4 Å². The van der Waals surface area contributed by atoms with Gasteiger partial charge in [-0.2, -0.15) is 0 Å². The van der Waals surface area contributed by atoms with Crippen LogP contribution in [-0.4, -0.2) is 65.3 Å². The molecule has 1 aliphatic rings. The molecule has 20 heavy (non-hydrogen) atoms. The molecule has 1 saturated heterocycles. The Morgan fingerprint density at radius 1 is 1.05 bits per heavy atom. The molecule has 1 aromatic carbocycles. The van der Waals surface area contributed by atoms with Crippen molar-refractivity contribution in [1.29, 1.82) is 0 Å². The molecule has 110 valence electrons. The fraction of sp³-hybridized carbons (Fsp3) is 0.533. The molecular weight excluding hydrogens is 256 g/mol. The summed E-state index contributed by atoms with van der Waals surface area (Å²) in [6, 6.07) is 7.76. The number of hydrogen-bond acceptors (Lipinski definition) is 4. The van der Waals surface area contributed by atoms with E-state index in [1.807, 2.05) is 24.3 Å². The van der Waals surface area contributed by atoms with Gasteiger partial charge in [-0.25, -0.2) is 0 Å². The fourth-order valence-corrected chi connectivity index (χ4v) is 2.60. The molecule has 0 aromatic heterocycles. The Kier molecular flexibility index (Phi) is 5.52. The van der Waals surface area contributed by atoms with Gasteiger partial charge in [-0.05, 0) is 11.1 Å². The number of rotatable bonds is 6. The lowest BCUT2D eigenvalue weighted by Gasteiger charge is -2.34. The lowest BCUT2D eigenvalue weighted by atomic mass is 10.0. The van der Waals surface area contributed by atoms with E-state index < -0.39 is 5.97 Å². The van der Waals surface area contributed by atoms with Gasteiger partial charge in [0.25, 0.3) is 0 Å². The number of aliphatic hydroxyl groups is 1. The number of nitrogens with zero attached hydrogens (tertiary/aromatic N) is 2.